The number of phenolic OH excluding ortho intramolecular Hbond substituents is 2. The zero-order valence-corrected chi connectivity index (χ0v) is 24.0. The molecule has 0 bridgehead atoms. The fraction of sp³-hybridized carbons (Fsp3) is 0.618. The molecule has 0 aliphatic heterocycles. The van der Waals surface area contributed by atoms with E-state index >= 15 is 0 Å². The first-order valence-corrected chi connectivity index (χ1v) is 15.2. The third-order valence-electron chi connectivity index (χ3n) is 7.57. The Labute approximate surface area is 231 Å². The summed E-state index contributed by atoms with van der Waals surface area (Å²) in [6.45, 7) is 4.68. The lowest BCUT2D eigenvalue weighted by atomic mass is 9.82. The summed E-state index contributed by atoms with van der Waals surface area (Å²) in [4.78, 5) is 12.4. The van der Waals surface area contributed by atoms with Crippen LogP contribution in [0, 0.1) is 5.92 Å². The molecule has 4 nitrogen and oxygen atoms in total. The molecule has 0 fully saturated rings. The van der Waals surface area contributed by atoms with Crippen molar-refractivity contribution in [2.75, 3.05) is 6.61 Å². The zero-order chi connectivity index (χ0) is 27.4. The van der Waals surface area contributed by atoms with E-state index in [0.29, 0.717) is 13.0 Å². The Hall–Kier alpha value is -2.49. The molecule has 0 heterocycles. The van der Waals surface area contributed by atoms with Gasteiger partial charge < -0.3 is 14.9 Å². The number of hydrogen-bond donors (Lipinski definition) is 2. The number of benzene rings is 2. The summed E-state index contributed by atoms with van der Waals surface area (Å²) >= 11 is 0. The highest BCUT2D eigenvalue weighted by Crippen LogP contribution is 2.34. The third kappa shape index (κ3) is 13.3. The van der Waals surface area contributed by atoms with Crippen LogP contribution in [-0.2, 0) is 9.53 Å². The normalized spacial score (nSPS) is 12.1. The Morgan fingerprint density at radius 1 is 0.632 bits per heavy atom. The predicted molar refractivity (Wildman–Crippen MR) is 158 cm³/mol. The summed E-state index contributed by atoms with van der Waals surface area (Å²) in [6, 6.07) is 14.3. The van der Waals surface area contributed by atoms with E-state index in [1.165, 1.54) is 83.5 Å². The molecule has 2 aromatic carbocycles. The first-order valence-electron chi connectivity index (χ1n) is 15.2. The van der Waals surface area contributed by atoms with Crippen molar-refractivity contribution in [2.45, 2.75) is 122 Å². The number of phenols is 2. The van der Waals surface area contributed by atoms with Gasteiger partial charge in [0.25, 0.3) is 0 Å². The topological polar surface area (TPSA) is 66.8 Å². The van der Waals surface area contributed by atoms with Gasteiger partial charge in [0.15, 0.2) is 0 Å². The maximum absolute atomic E-state index is 12.4. The van der Waals surface area contributed by atoms with Gasteiger partial charge in [-0.2, -0.15) is 0 Å². The van der Waals surface area contributed by atoms with E-state index < -0.39 is 0 Å². The molecule has 38 heavy (non-hydrogen) atoms. The first-order chi connectivity index (χ1) is 18.5. The molecule has 0 aliphatic rings. The average Bonchev–Trinajstić information content (AvgIpc) is 2.92. The number of rotatable bonds is 21. The smallest absolute Gasteiger partial charge is 0.305 e. The Balaban J connectivity index is 1.57. The minimum Gasteiger partial charge on any atom is -0.508 e. The molecule has 0 amide bonds. The van der Waals surface area contributed by atoms with Crippen molar-refractivity contribution in [3.63, 3.8) is 0 Å². The van der Waals surface area contributed by atoms with Crippen molar-refractivity contribution in [3.8, 4) is 11.5 Å². The van der Waals surface area contributed by atoms with Crippen LogP contribution < -0.4 is 0 Å². The summed E-state index contributed by atoms with van der Waals surface area (Å²) in [5.74, 6) is 0.368. The van der Waals surface area contributed by atoms with Crippen LogP contribution in [0.4, 0.5) is 0 Å². The van der Waals surface area contributed by atoms with Crippen LogP contribution in [0.1, 0.15) is 134 Å². The second-order valence-corrected chi connectivity index (χ2v) is 11.0. The monoisotopic (exact) mass is 524 g/mol. The molecule has 1 unspecified atom stereocenters. The highest BCUT2D eigenvalue weighted by atomic mass is 16.5. The van der Waals surface area contributed by atoms with Gasteiger partial charge in [0.2, 0.25) is 0 Å². The van der Waals surface area contributed by atoms with E-state index in [9.17, 15) is 15.0 Å². The highest BCUT2D eigenvalue weighted by Gasteiger charge is 2.23. The average molecular weight is 525 g/mol. The standard InChI is InChI=1S/C34H52O4/c1-3-4-5-6-7-8-9-10-11-12-13-14-15-16-17-18-33(37)38-27-28(2)34(29-19-23-31(35)24-20-29)30-21-25-32(36)26-22-30/h19-26,28,34-36H,3-18,27H2,1-2H3. The van der Waals surface area contributed by atoms with Crippen LogP contribution in [0.3, 0.4) is 0 Å². The van der Waals surface area contributed by atoms with Crippen molar-refractivity contribution in [2.24, 2.45) is 5.92 Å². The number of aromatic hydroxyl groups is 2. The van der Waals surface area contributed by atoms with Crippen molar-refractivity contribution >= 4 is 5.97 Å². The minimum atomic E-state index is -0.123. The van der Waals surface area contributed by atoms with E-state index in [-0.39, 0.29) is 29.3 Å². The maximum Gasteiger partial charge on any atom is 0.305 e. The van der Waals surface area contributed by atoms with Crippen LogP contribution in [0.2, 0.25) is 0 Å². The Kier molecular flexibility index (Phi) is 16.3. The summed E-state index contributed by atoms with van der Waals surface area (Å²) < 4.78 is 5.66. The summed E-state index contributed by atoms with van der Waals surface area (Å²) in [7, 11) is 0. The molecule has 0 saturated heterocycles. The van der Waals surface area contributed by atoms with E-state index in [0.717, 1.165) is 24.0 Å². The Bertz CT molecular complexity index is 814. The number of carbonyl (C=O) groups excluding carboxylic acids is 1. The van der Waals surface area contributed by atoms with Gasteiger partial charge in [0.05, 0.1) is 6.61 Å². The molecule has 0 radical (unpaired) electrons. The quantitative estimate of drug-likeness (QED) is 0.126. The van der Waals surface area contributed by atoms with Gasteiger partial charge >= 0.3 is 5.97 Å². The van der Waals surface area contributed by atoms with Gasteiger partial charge in [-0.25, -0.2) is 0 Å². The minimum absolute atomic E-state index is 0.00482. The first kappa shape index (κ1) is 31.7. The van der Waals surface area contributed by atoms with Gasteiger partial charge in [-0.15, -0.1) is 0 Å². The molecular formula is C34H52O4. The SMILES string of the molecule is CCCCCCCCCCCCCCCCCC(=O)OCC(C)C(c1ccc(O)cc1)c1ccc(O)cc1. The van der Waals surface area contributed by atoms with Crippen LogP contribution in [0.15, 0.2) is 48.5 Å². The number of ether oxygens (including phenoxy) is 1. The second kappa shape index (κ2) is 19.6. The van der Waals surface area contributed by atoms with E-state index in [1.54, 1.807) is 24.3 Å². The largest absolute Gasteiger partial charge is 0.508 e. The van der Waals surface area contributed by atoms with Crippen LogP contribution in [-0.4, -0.2) is 22.8 Å². The maximum atomic E-state index is 12.4. The fourth-order valence-electron chi connectivity index (χ4n) is 5.25. The van der Waals surface area contributed by atoms with E-state index in [1.807, 2.05) is 24.3 Å². The van der Waals surface area contributed by atoms with Crippen LogP contribution >= 0.6 is 0 Å². The number of carbonyl (C=O) groups is 1. The molecule has 0 aliphatic carbocycles. The van der Waals surface area contributed by atoms with Gasteiger partial charge in [-0.3, -0.25) is 4.79 Å². The molecule has 212 valence electrons. The van der Waals surface area contributed by atoms with Crippen molar-refractivity contribution < 1.29 is 19.7 Å². The van der Waals surface area contributed by atoms with Gasteiger partial charge in [-0.1, -0.05) is 128 Å². The molecule has 1 atom stereocenters. The van der Waals surface area contributed by atoms with Crippen molar-refractivity contribution in [1.82, 2.24) is 0 Å². The summed E-state index contributed by atoms with van der Waals surface area (Å²) in [5.41, 5.74) is 2.08. The van der Waals surface area contributed by atoms with Crippen LogP contribution in [0.5, 0.6) is 11.5 Å². The lowest BCUT2D eigenvalue weighted by molar-refractivity contribution is -0.145. The lowest BCUT2D eigenvalue weighted by Crippen LogP contribution is -2.19. The Morgan fingerprint density at radius 2 is 1.00 bits per heavy atom. The van der Waals surface area contributed by atoms with Gasteiger partial charge in [-0.05, 0) is 41.8 Å². The summed E-state index contributed by atoms with van der Waals surface area (Å²) in [6.07, 6.45) is 20.1. The number of esters is 1. The second-order valence-electron chi connectivity index (χ2n) is 11.0. The molecule has 0 spiro atoms. The molecule has 2 N–H and O–H groups in total. The predicted octanol–water partition coefficient (Wildman–Crippen LogP) is 9.67. The van der Waals surface area contributed by atoms with E-state index in [2.05, 4.69) is 13.8 Å². The Morgan fingerprint density at radius 3 is 1.39 bits per heavy atom. The molecule has 2 aromatic rings. The highest BCUT2D eigenvalue weighted by molar-refractivity contribution is 5.69. The fourth-order valence-corrected chi connectivity index (χ4v) is 5.25. The van der Waals surface area contributed by atoms with Crippen molar-refractivity contribution in [1.29, 1.82) is 0 Å². The third-order valence-corrected chi connectivity index (χ3v) is 7.57. The van der Waals surface area contributed by atoms with Crippen LogP contribution in [0.25, 0.3) is 0 Å². The molecule has 4 heteroatoms. The van der Waals surface area contributed by atoms with Crippen molar-refractivity contribution in [3.05, 3.63) is 59.7 Å². The van der Waals surface area contributed by atoms with Gasteiger partial charge in [0.1, 0.15) is 11.5 Å². The number of unbranched alkanes of at least 4 members (excludes halogenated alkanes) is 14. The molecule has 2 rings (SSSR count). The van der Waals surface area contributed by atoms with Gasteiger partial charge in [0, 0.05) is 18.3 Å². The molecule has 0 saturated carbocycles. The molecular weight excluding hydrogens is 472 g/mol. The number of hydrogen-bond acceptors (Lipinski definition) is 4. The van der Waals surface area contributed by atoms with E-state index in [4.69, 9.17) is 4.74 Å². The molecule has 0 aromatic heterocycles. The summed E-state index contributed by atoms with van der Waals surface area (Å²) in [5, 5.41) is 19.4. The zero-order valence-electron chi connectivity index (χ0n) is 24.0. The lowest BCUT2D eigenvalue weighted by Gasteiger charge is -2.25.